The van der Waals surface area contributed by atoms with Gasteiger partial charge in [-0.25, -0.2) is 4.98 Å². The highest BCUT2D eigenvalue weighted by atomic mass is 16.5. The van der Waals surface area contributed by atoms with E-state index >= 15 is 0 Å². The monoisotopic (exact) mass is 191 g/mol. The van der Waals surface area contributed by atoms with Crippen LogP contribution < -0.4 is 5.32 Å². The van der Waals surface area contributed by atoms with Crippen molar-refractivity contribution in [1.29, 1.82) is 0 Å². The second-order valence-electron chi connectivity index (χ2n) is 3.55. The Bertz CT molecular complexity index is 448. The van der Waals surface area contributed by atoms with E-state index < -0.39 is 0 Å². The summed E-state index contributed by atoms with van der Waals surface area (Å²) in [6.45, 7) is 4.25. The van der Waals surface area contributed by atoms with Crippen molar-refractivity contribution in [3.63, 3.8) is 0 Å². The maximum Gasteiger partial charge on any atom is 0.251 e. The highest BCUT2D eigenvalue weighted by molar-refractivity contribution is 5.84. The van der Waals surface area contributed by atoms with Gasteiger partial charge >= 0.3 is 0 Å². The Morgan fingerprint density at radius 1 is 1.43 bits per heavy atom. The van der Waals surface area contributed by atoms with Gasteiger partial charge in [-0.3, -0.25) is 0 Å². The number of hydrogen-bond acceptors (Lipinski definition) is 4. The number of anilines is 1. The van der Waals surface area contributed by atoms with E-state index in [1.54, 1.807) is 7.05 Å². The van der Waals surface area contributed by atoms with Gasteiger partial charge in [0.2, 0.25) is 0 Å². The minimum atomic E-state index is 0.460. The van der Waals surface area contributed by atoms with Crippen LogP contribution in [0.1, 0.15) is 25.3 Å². The van der Waals surface area contributed by atoms with Crippen LogP contribution in [0.15, 0.2) is 16.8 Å². The van der Waals surface area contributed by atoms with Crippen molar-refractivity contribution in [2.45, 2.75) is 19.8 Å². The third kappa shape index (κ3) is 1.32. The fourth-order valence-corrected chi connectivity index (χ4v) is 1.33. The molecule has 0 spiro atoms. The van der Waals surface area contributed by atoms with Gasteiger partial charge in [0, 0.05) is 13.2 Å². The fraction of sp³-hybridized carbons (Fsp3) is 0.400. The first kappa shape index (κ1) is 8.99. The lowest BCUT2D eigenvalue weighted by Crippen LogP contribution is -1.90. The second-order valence-corrected chi connectivity index (χ2v) is 3.55. The molecule has 0 atom stereocenters. The van der Waals surface area contributed by atoms with Gasteiger partial charge in [0.1, 0.15) is 5.52 Å². The van der Waals surface area contributed by atoms with Crippen molar-refractivity contribution in [3.05, 3.63) is 17.8 Å². The minimum absolute atomic E-state index is 0.460. The molecular formula is C10H13N3O. The topological polar surface area (TPSA) is 51.0 Å². The first-order valence-electron chi connectivity index (χ1n) is 4.65. The quantitative estimate of drug-likeness (QED) is 0.791. The van der Waals surface area contributed by atoms with E-state index in [0.29, 0.717) is 11.8 Å². The molecule has 2 heterocycles. The molecule has 2 aromatic rings. The fourth-order valence-electron chi connectivity index (χ4n) is 1.33. The molecular weight excluding hydrogens is 178 g/mol. The molecule has 0 aliphatic carbocycles. The van der Waals surface area contributed by atoms with E-state index in [1.165, 1.54) is 5.56 Å². The van der Waals surface area contributed by atoms with Gasteiger partial charge in [0.15, 0.2) is 5.52 Å². The molecule has 4 nitrogen and oxygen atoms in total. The largest absolute Gasteiger partial charge is 0.355 e. The molecule has 0 bridgehead atoms. The molecule has 2 rings (SSSR count). The van der Waals surface area contributed by atoms with Gasteiger partial charge in [-0.1, -0.05) is 19.0 Å². The molecule has 14 heavy (non-hydrogen) atoms. The summed E-state index contributed by atoms with van der Waals surface area (Å²) in [7, 11) is 1.79. The summed E-state index contributed by atoms with van der Waals surface area (Å²) >= 11 is 0. The summed E-state index contributed by atoms with van der Waals surface area (Å²) in [6, 6.07) is 2.01. The van der Waals surface area contributed by atoms with E-state index in [9.17, 15) is 0 Å². The van der Waals surface area contributed by atoms with Crippen molar-refractivity contribution in [1.82, 2.24) is 10.1 Å². The predicted octanol–water partition coefficient (Wildman–Crippen LogP) is 2.39. The van der Waals surface area contributed by atoms with Gasteiger partial charge in [-0.2, -0.15) is 0 Å². The lowest BCUT2D eigenvalue weighted by molar-refractivity contribution is 0.442. The highest BCUT2D eigenvalue weighted by Crippen LogP contribution is 2.23. The molecule has 4 heteroatoms. The van der Waals surface area contributed by atoms with Crippen LogP contribution in [0.2, 0.25) is 0 Å². The molecule has 0 amide bonds. The van der Waals surface area contributed by atoms with Gasteiger partial charge < -0.3 is 9.84 Å². The lowest BCUT2D eigenvalue weighted by Gasteiger charge is -2.02. The molecule has 0 unspecified atom stereocenters. The Morgan fingerprint density at radius 3 is 2.86 bits per heavy atom. The van der Waals surface area contributed by atoms with Crippen LogP contribution in [0.5, 0.6) is 0 Å². The smallest absolute Gasteiger partial charge is 0.251 e. The Balaban J connectivity index is 2.57. The van der Waals surface area contributed by atoms with Crippen molar-refractivity contribution in [2.24, 2.45) is 0 Å². The molecule has 0 saturated heterocycles. The number of nitrogens with one attached hydrogen (secondary N) is 1. The maximum atomic E-state index is 5.08. The number of aromatic nitrogens is 2. The molecule has 0 radical (unpaired) electrons. The predicted molar refractivity (Wildman–Crippen MR) is 55.4 cm³/mol. The standard InChI is InChI=1S/C10H13N3O/c1-6(2)7-4-8-9(12-5-7)10(11-3)14-13-8/h4-6,11H,1-3H3. The molecule has 0 saturated carbocycles. The molecule has 0 fully saturated rings. The van der Waals surface area contributed by atoms with Crippen molar-refractivity contribution in [2.75, 3.05) is 12.4 Å². The minimum Gasteiger partial charge on any atom is -0.355 e. The Labute approximate surface area is 82.3 Å². The number of nitrogens with zero attached hydrogens (tertiary/aromatic N) is 2. The maximum absolute atomic E-state index is 5.08. The van der Waals surface area contributed by atoms with Crippen LogP contribution in [0, 0.1) is 0 Å². The SMILES string of the molecule is CNc1onc2cc(C(C)C)cnc12. The zero-order chi connectivity index (χ0) is 10.1. The van der Waals surface area contributed by atoms with E-state index in [2.05, 4.69) is 29.3 Å². The van der Waals surface area contributed by atoms with Gasteiger partial charge in [0.05, 0.1) is 0 Å². The van der Waals surface area contributed by atoms with Crippen molar-refractivity contribution in [3.8, 4) is 0 Å². The van der Waals surface area contributed by atoms with Crippen LogP contribution in [-0.2, 0) is 0 Å². The number of fused-ring (bicyclic) bond motifs is 1. The summed E-state index contributed by atoms with van der Waals surface area (Å²) in [5.74, 6) is 1.08. The first-order chi connectivity index (χ1) is 6.72. The number of hydrogen-bond donors (Lipinski definition) is 1. The Kier molecular flexibility index (Phi) is 2.11. The van der Waals surface area contributed by atoms with Gasteiger partial charge in [-0.05, 0) is 17.5 Å². The average molecular weight is 191 g/mol. The third-order valence-corrected chi connectivity index (χ3v) is 2.23. The molecule has 0 aliphatic rings. The summed E-state index contributed by atoms with van der Waals surface area (Å²) in [4.78, 5) is 4.31. The molecule has 0 aromatic carbocycles. The summed E-state index contributed by atoms with van der Waals surface area (Å²) in [5.41, 5.74) is 2.77. The summed E-state index contributed by atoms with van der Waals surface area (Å²) in [6.07, 6.45) is 1.87. The normalized spacial score (nSPS) is 11.1. The van der Waals surface area contributed by atoms with E-state index in [0.717, 1.165) is 11.0 Å². The average Bonchev–Trinajstić information content (AvgIpc) is 2.59. The zero-order valence-electron chi connectivity index (χ0n) is 8.53. The van der Waals surface area contributed by atoms with Crippen LogP contribution in [0.25, 0.3) is 11.0 Å². The van der Waals surface area contributed by atoms with E-state index in [1.807, 2.05) is 12.3 Å². The highest BCUT2D eigenvalue weighted by Gasteiger charge is 2.09. The Hall–Kier alpha value is -1.58. The van der Waals surface area contributed by atoms with Crippen molar-refractivity contribution < 1.29 is 4.52 Å². The van der Waals surface area contributed by atoms with E-state index in [4.69, 9.17) is 4.52 Å². The third-order valence-electron chi connectivity index (χ3n) is 2.23. The molecule has 1 N–H and O–H groups in total. The van der Waals surface area contributed by atoms with Crippen molar-refractivity contribution >= 4 is 16.9 Å². The number of pyridine rings is 1. The summed E-state index contributed by atoms with van der Waals surface area (Å²) < 4.78 is 5.08. The lowest BCUT2D eigenvalue weighted by atomic mass is 10.1. The van der Waals surface area contributed by atoms with Gasteiger partial charge in [-0.15, -0.1) is 0 Å². The second kappa shape index (κ2) is 3.29. The van der Waals surface area contributed by atoms with Crippen LogP contribution in [-0.4, -0.2) is 17.2 Å². The van der Waals surface area contributed by atoms with Crippen LogP contribution >= 0.6 is 0 Å². The Morgan fingerprint density at radius 2 is 2.21 bits per heavy atom. The van der Waals surface area contributed by atoms with Gasteiger partial charge in [0.25, 0.3) is 5.88 Å². The number of rotatable bonds is 2. The summed E-state index contributed by atoms with van der Waals surface area (Å²) in [5, 5.41) is 6.84. The molecule has 74 valence electrons. The van der Waals surface area contributed by atoms with Crippen LogP contribution in [0.4, 0.5) is 5.88 Å². The van der Waals surface area contributed by atoms with E-state index in [-0.39, 0.29) is 0 Å². The molecule has 2 aromatic heterocycles. The zero-order valence-corrected chi connectivity index (χ0v) is 8.53. The van der Waals surface area contributed by atoms with Crippen LogP contribution in [0.3, 0.4) is 0 Å². The molecule has 0 aliphatic heterocycles. The first-order valence-corrected chi connectivity index (χ1v) is 4.65.